The Hall–Kier alpha value is -2.35. The maximum atomic E-state index is 14.0. The lowest BCUT2D eigenvalue weighted by Crippen LogP contribution is -2.38. The van der Waals surface area contributed by atoms with Gasteiger partial charge in [-0.3, -0.25) is 10.1 Å². The predicted molar refractivity (Wildman–Crippen MR) is 106 cm³/mol. The van der Waals surface area contributed by atoms with Crippen LogP contribution in [-0.2, 0) is 6.42 Å². The maximum Gasteiger partial charge on any atom is 0.278 e. The Balaban J connectivity index is 1.96. The van der Waals surface area contributed by atoms with Crippen molar-refractivity contribution in [1.82, 2.24) is 10.3 Å². The van der Waals surface area contributed by atoms with Crippen LogP contribution >= 0.6 is 23.2 Å². The Kier molecular flexibility index (Phi) is 4.69. The first kappa shape index (κ1) is 19.0. The third-order valence-electron chi connectivity index (χ3n) is 5.04. The number of hydrogen-bond acceptors (Lipinski definition) is 4. The van der Waals surface area contributed by atoms with Gasteiger partial charge >= 0.3 is 0 Å². The zero-order chi connectivity index (χ0) is 20.2. The molecule has 0 amide bonds. The number of rotatable bonds is 3. The highest BCUT2D eigenvalue weighted by Crippen LogP contribution is 2.42. The minimum atomic E-state index is -0.517. The maximum absolute atomic E-state index is 14.0. The number of ether oxygens (including phenoxy) is 1. The summed E-state index contributed by atoms with van der Waals surface area (Å²) in [6.07, 6.45) is 0.643. The Morgan fingerprint density at radius 3 is 2.68 bits per heavy atom. The number of aromatic nitrogens is 1. The minimum Gasteiger partial charge on any atom is -0.495 e. The lowest BCUT2D eigenvalue weighted by Gasteiger charge is -2.29. The summed E-state index contributed by atoms with van der Waals surface area (Å²) < 4.78 is 19.2. The molecule has 2 aromatic carbocycles. The van der Waals surface area contributed by atoms with Crippen molar-refractivity contribution in [3.05, 3.63) is 67.1 Å². The van der Waals surface area contributed by atoms with Crippen molar-refractivity contribution < 1.29 is 14.1 Å². The SMILES string of the molecule is COc1cc([N+](=O)[O-])c(C2N[C@@H](C)Cc3c2[nH]c2cc(Cl)c(F)cc32)cc1Cl. The number of nitro groups is 1. The van der Waals surface area contributed by atoms with Crippen molar-refractivity contribution in [1.29, 1.82) is 0 Å². The van der Waals surface area contributed by atoms with Gasteiger partial charge in [0.25, 0.3) is 5.69 Å². The monoisotopic (exact) mass is 423 g/mol. The van der Waals surface area contributed by atoms with Crippen molar-refractivity contribution in [2.45, 2.75) is 25.4 Å². The van der Waals surface area contributed by atoms with E-state index in [2.05, 4.69) is 10.3 Å². The normalized spacial score (nSPS) is 18.9. The molecule has 0 fully saturated rings. The van der Waals surface area contributed by atoms with Crippen LogP contribution in [-0.4, -0.2) is 23.1 Å². The summed E-state index contributed by atoms with van der Waals surface area (Å²) in [5.74, 6) is -0.274. The van der Waals surface area contributed by atoms with E-state index >= 15 is 0 Å². The molecule has 9 heteroatoms. The van der Waals surface area contributed by atoms with Crippen molar-refractivity contribution in [3.8, 4) is 5.75 Å². The molecule has 1 aliphatic heterocycles. The van der Waals surface area contributed by atoms with Crippen molar-refractivity contribution in [2.24, 2.45) is 0 Å². The highest BCUT2D eigenvalue weighted by molar-refractivity contribution is 6.32. The van der Waals surface area contributed by atoms with E-state index in [1.165, 1.54) is 31.4 Å². The molecular weight excluding hydrogens is 408 g/mol. The first-order valence-electron chi connectivity index (χ1n) is 8.57. The number of nitro benzene ring substituents is 1. The minimum absolute atomic E-state index is 0.00993. The van der Waals surface area contributed by atoms with Gasteiger partial charge in [-0.1, -0.05) is 23.2 Å². The number of nitrogens with one attached hydrogen (secondary N) is 2. The molecule has 1 aliphatic rings. The van der Waals surface area contributed by atoms with Gasteiger partial charge in [-0.2, -0.15) is 0 Å². The fourth-order valence-electron chi connectivity index (χ4n) is 3.81. The number of halogens is 3. The number of H-pyrrole nitrogens is 1. The molecule has 0 aliphatic carbocycles. The molecule has 4 rings (SSSR count). The first-order chi connectivity index (χ1) is 13.3. The zero-order valence-electron chi connectivity index (χ0n) is 15.0. The fourth-order valence-corrected chi connectivity index (χ4v) is 4.23. The Labute approximate surface area is 169 Å². The first-order valence-corrected chi connectivity index (χ1v) is 9.33. The van der Waals surface area contributed by atoms with Gasteiger partial charge in [0.15, 0.2) is 0 Å². The fraction of sp³-hybridized carbons (Fsp3) is 0.263. The van der Waals surface area contributed by atoms with E-state index in [4.69, 9.17) is 27.9 Å². The lowest BCUT2D eigenvalue weighted by molar-refractivity contribution is -0.385. The third-order valence-corrected chi connectivity index (χ3v) is 5.62. The average molecular weight is 424 g/mol. The standard InChI is InChI=1S/C19H16Cl2FN3O3/c1-8-3-10-9-5-14(22)12(20)6-15(9)24-18(10)19(23-8)11-4-13(21)17(28-2)7-16(11)25(26)27/h4-8,19,23-24H,3H2,1-2H3/t8-,19?/m0/s1. The molecule has 6 nitrogen and oxygen atoms in total. The molecule has 0 spiro atoms. The van der Waals surface area contributed by atoms with Gasteiger partial charge in [-0.05, 0) is 37.1 Å². The summed E-state index contributed by atoms with van der Waals surface area (Å²) in [7, 11) is 1.40. The van der Waals surface area contributed by atoms with E-state index in [1.807, 2.05) is 6.92 Å². The summed E-state index contributed by atoms with van der Waals surface area (Å²) in [4.78, 5) is 14.5. The molecule has 0 bridgehead atoms. The van der Waals surface area contributed by atoms with Gasteiger partial charge in [0.1, 0.15) is 11.6 Å². The van der Waals surface area contributed by atoms with Crippen LogP contribution in [0, 0.1) is 15.9 Å². The van der Waals surface area contributed by atoms with E-state index < -0.39 is 16.8 Å². The van der Waals surface area contributed by atoms with Crippen LogP contribution in [0.15, 0.2) is 24.3 Å². The molecule has 28 heavy (non-hydrogen) atoms. The second kappa shape index (κ2) is 6.92. The smallest absolute Gasteiger partial charge is 0.278 e. The molecule has 0 saturated heterocycles. The predicted octanol–water partition coefficient (Wildman–Crippen LogP) is 5.15. The van der Waals surface area contributed by atoms with Gasteiger partial charge in [-0.25, -0.2) is 4.39 Å². The van der Waals surface area contributed by atoms with Gasteiger partial charge in [0, 0.05) is 22.6 Å². The third kappa shape index (κ3) is 2.99. The number of fused-ring (bicyclic) bond motifs is 3. The van der Waals surface area contributed by atoms with E-state index in [9.17, 15) is 14.5 Å². The zero-order valence-corrected chi connectivity index (χ0v) is 16.5. The van der Waals surface area contributed by atoms with Crippen molar-refractivity contribution in [2.75, 3.05) is 7.11 Å². The summed E-state index contributed by atoms with van der Waals surface area (Å²) in [5, 5.41) is 16.1. The highest BCUT2D eigenvalue weighted by atomic mass is 35.5. The lowest BCUT2D eigenvalue weighted by atomic mass is 9.90. The Bertz CT molecular complexity index is 1120. The van der Waals surface area contributed by atoms with Crippen molar-refractivity contribution >= 4 is 39.8 Å². The van der Waals surface area contributed by atoms with Crippen LogP contribution in [0.25, 0.3) is 10.9 Å². The van der Waals surface area contributed by atoms with Gasteiger partial charge in [-0.15, -0.1) is 0 Å². The molecule has 2 atom stereocenters. The number of aromatic amines is 1. The Morgan fingerprint density at radius 1 is 1.25 bits per heavy atom. The largest absolute Gasteiger partial charge is 0.495 e. The van der Waals surface area contributed by atoms with Crippen LogP contribution in [0.3, 0.4) is 0 Å². The number of nitrogens with zero attached hydrogens (tertiary/aromatic N) is 1. The quantitative estimate of drug-likeness (QED) is 0.450. The topological polar surface area (TPSA) is 80.2 Å². The average Bonchev–Trinajstić information content (AvgIpc) is 2.98. The molecule has 0 radical (unpaired) electrons. The molecular formula is C19H16Cl2FN3O3. The molecule has 1 unspecified atom stereocenters. The van der Waals surface area contributed by atoms with E-state index in [0.29, 0.717) is 17.5 Å². The van der Waals surface area contributed by atoms with Crippen LogP contribution in [0.4, 0.5) is 10.1 Å². The highest BCUT2D eigenvalue weighted by Gasteiger charge is 2.34. The van der Waals surface area contributed by atoms with Gasteiger partial charge in [0.2, 0.25) is 0 Å². The summed E-state index contributed by atoms with van der Waals surface area (Å²) in [6.45, 7) is 1.97. The molecule has 3 aromatic rings. The number of methoxy groups -OCH3 is 1. The van der Waals surface area contributed by atoms with Crippen LogP contribution < -0.4 is 10.1 Å². The molecule has 2 N–H and O–H groups in total. The van der Waals surface area contributed by atoms with Crippen LogP contribution in [0.5, 0.6) is 5.75 Å². The Morgan fingerprint density at radius 2 is 2.00 bits per heavy atom. The van der Waals surface area contributed by atoms with E-state index in [0.717, 1.165) is 16.6 Å². The molecule has 146 valence electrons. The van der Waals surface area contributed by atoms with Crippen LogP contribution in [0.2, 0.25) is 10.0 Å². The number of benzene rings is 2. The molecule has 0 saturated carbocycles. The summed E-state index contributed by atoms with van der Waals surface area (Å²) in [5.41, 5.74) is 2.62. The molecule has 2 heterocycles. The molecule has 1 aromatic heterocycles. The second-order valence-electron chi connectivity index (χ2n) is 6.84. The summed E-state index contributed by atoms with van der Waals surface area (Å²) >= 11 is 12.2. The van der Waals surface area contributed by atoms with Crippen LogP contribution in [0.1, 0.15) is 29.8 Å². The summed E-state index contributed by atoms with van der Waals surface area (Å²) in [6, 6.07) is 5.28. The second-order valence-corrected chi connectivity index (χ2v) is 7.65. The van der Waals surface area contributed by atoms with Crippen molar-refractivity contribution in [3.63, 3.8) is 0 Å². The van der Waals surface area contributed by atoms with Gasteiger partial charge in [0.05, 0.1) is 39.8 Å². The van der Waals surface area contributed by atoms with Gasteiger partial charge < -0.3 is 15.0 Å². The van der Waals surface area contributed by atoms with E-state index in [-0.39, 0.29) is 27.5 Å². The van der Waals surface area contributed by atoms with E-state index in [1.54, 1.807) is 0 Å². The number of hydrogen-bond donors (Lipinski definition) is 2.